The largest absolute Gasteiger partial charge is 0.349 e. The number of nitrogens with zero attached hydrogens (tertiary/aromatic N) is 5. The Bertz CT molecular complexity index is 1380. The predicted octanol–water partition coefficient (Wildman–Crippen LogP) is 3.41. The van der Waals surface area contributed by atoms with Crippen molar-refractivity contribution in [3.8, 4) is 11.1 Å². The lowest BCUT2D eigenvalue weighted by Gasteiger charge is -2.38. The number of nitrogens with one attached hydrogen (secondary N) is 1. The van der Waals surface area contributed by atoms with Crippen LogP contribution in [0.4, 0.5) is 5.82 Å². The molecule has 6 rings (SSSR count). The zero-order valence-electron chi connectivity index (χ0n) is 17.5. The number of hydrogen-bond donors (Lipinski definition) is 2. The van der Waals surface area contributed by atoms with E-state index in [1.165, 1.54) is 10.9 Å². The average molecular weight is 472 g/mol. The van der Waals surface area contributed by atoms with Crippen molar-refractivity contribution in [2.75, 3.05) is 4.90 Å². The van der Waals surface area contributed by atoms with Crippen LogP contribution in [-0.4, -0.2) is 42.6 Å². The van der Waals surface area contributed by atoms with Crippen LogP contribution in [0.15, 0.2) is 35.6 Å². The van der Waals surface area contributed by atoms with Gasteiger partial charge in [-0.25, -0.2) is 15.0 Å². The molecule has 0 spiro atoms. The van der Waals surface area contributed by atoms with E-state index in [1.54, 1.807) is 7.05 Å². The monoisotopic (exact) mass is 471 g/mol. The Labute approximate surface area is 195 Å². The Morgan fingerprint density at radius 3 is 2.66 bits per heavy atom. The Morgan fingerprint density at radius 2 is 1.91 bits per heavy atom. The summed E-state index contributed by atoms with van der Waals surface area (Å²) in [6.07, 6.45) is 9.51. The van der Waals surface area contributed by atoms with E-state index in [9.17, 15) is 4.79 Å². The van der Waals surface area contributed by atoms with E-state index in [0.717, 1.165) is 48.1 Å². The second-order valence-electron chi connectivity index (χ2n) is 8.63. The number of rotatable bonds is 2. The van der Waals surface area contributed by atoms with E-state index in [-0.39, 0.29) is 24.0 Å². The third kappa shape index (κ3) is 3.09. The van der Waals surface area contributed by atoms with Crippen molar-refractivity contribution < 1.29 is 0 Å². The summed E-state index contributed by atoms with van der Waals surface area (Å²) in [7, 11) is 1.66. The highest BCUT2D eigenvalue weighted by Gasteiger charge is 2.40. The van der Waals surface area contributed by atoms with Gasteiger partial charge in [0, 0.05) is 42.5 Å². The highest BCUT2D eigenvalue weighted by Crippen LogP contribution is 2.39. The van der Waals surface area contributed by atoms with Gasteiger partial charge < -0.3 is 20.2 Å². The van der Waals surface area contributed by atoms with E-state index in [2.05, 4.69) is 14.9 Å². The van der Waals surface area contributed by atoms with Crippen molar-refractivity contribution in [3.63, 3.8) is 0 Å². The molecule has 8 nitrogen and oxygen atoms in total. The second-order valence-corrected chi connectivity index (χ2v) is 9.01. The average Bonchev–Trinajstić information content (AvgIpc) is 3.29. The molecular formula is C22H23Cl2N7O. The fourth-order valence-electron chi connectivity index (χ4n) is 5.27. The molecule has 2 aliphatic heterocycles. The minimum atomic E-state index is -0.177. The van der Waals surface area contributed by atoms with E-state index in [4.69, 9.17) is 27.3 Å². The van der Waals surface area contributed by atoms with Gasteiger partial charge in [-0.05, 0) is 31.7 Å². The van der Waals surface area contributed by atoms with E-state index in [1.807, 2.05) is 24.5 Å². The number of benzene rings is 1. The molecule has 0 amide bonds. The SMILES string of the molecule is Cl.Cn1cnc2ccc(-c3c[nH]c4nc(N5C6CCC5CC(N)C6)cnc34)c(Cl)c2c1=O. The third-order valence-electron chi connectivity index (χ3n) is 6.72. The third-order valence-corrected chi connectivity index (χ3v) is 7.11. The zero-order chi connectivity index (χ0) is 21.3. The number of hydrogen-bond acceptors (Lipinski definition) is 6. The quantitative estimate of drug-likeness (QED) is 0.463. The number of aromatic amines is 1. The summed E-state index contributed by atoms with van der Waals surface area (Å²) < 4.78 is 1.43. The molecule has 1 aromatic carbocycles. The standard InChI is InChI=1S/C22H22ClN7O.ClH/c1-29-10-27-16-5-4-14(19(23)18(16)22(29)31)15-8-26-21-20(15)25-9-17(28-21)30-12-2-3-13(30)7-11(24)6-12;/h4-5,8-13H,2-3,6-7,24H2,1H3,(H,26,28);1H. The number of H-pyrrole nitrogens is 1. The molecule has 0 aliphatic carbocycles. The van der Waals surface area contributed by atoms with E-state index < -0.39 is 0 Å². The number of piperidine rings is 1. The predicted molar refractivity (Wildman–Crippen MR) is 129 cm³/mol. The van der Waals surface area contributed by atoms with Gasteiger partial charge in [0.25, 0.3) is 5.56 Å². The Hall–Kier alpha value is -2.68. The summed E-state index contributed by atoms with van der Waals surface area (Å²) in [5, 5.41) is 0.783. The van der Waals surface area contributed by atoms with Crippen LogP contribution < -0.4 is 16.2 Å². The number of nitrogens with two attached hydrogens (primary N) is 1. The maximum atomic E-state index is 12.6. The summed E-state index contributed by atoms with van der Waals surface area (Å²) >= 11 is 6.69. The van der Waals surface area contributed by atoms with Gasteiger partial charge >= 0.3 is 0 Å². The first-order chi connectivity index (χ1) is 15.0. The van der Waals surface area contributed by atoms with Gasteiger partial charge in [0.2, 0.25) is 0 Å². The molecule has 5 heterocycles. The van der Waals surface area contributed by atoms with Crippen LogP contribution in [0.2, 0.25) is 5.02 Å². The summed E-state index contributed by atoms with van der Waals surface area (Å²) in [5.74, 6) is 0.892. The molecule has 3 aromatic heterocycles. The molecule has 2 unspecified atom stereocenters. The van der Waals surface area contributed by atoms with Crippen LogP contribution in [-0.2, 0) is 7.05 Å². The van der Waals surface area contributed by atoms with Gasteiger partial charge in [0.15, 0.2) is 5.65 Å². The van der Waals surface area contributed by atoms with Gasteiger partial charge in [-0.3, -0.25) is 4.79 Å². The van der Waals surface area contributed by atoms with Crippen LogP contribution in [0.3, 0.4) is 0 Å². The van der Waals surface area contributed by atoms with Crippen molar-refractivity contribution >= 4 is 51.9 Å². The van der Waals surface area contributed by atoms with Crippen LogP contribution in [0.5, 0.6) is 0 Å². The molecule has 32 heavy (non-hydrogen) atoms. The Balaban J connectivity index is 0.00000216. The summed E-state index contributed by atoms with van der Waals surface area (Å²) in [5.41, 5.74) is 9.60. The Morgan fingerprint density at radius 1 is 1.16 bits per heavy atom. The number of aromatic nitrogens is 5. The lowest BCUT2D eigenvalue weighted by atomic mass is 9.98. The first kappa shape index (κ1) is 21.2. The molecule has 2 saturated heterocycles. The Kier molecular flexibility index (Phi) is 5.11. The number of halogens is 2. The molecule has 2 atom stereocenters. The molecular weight excluding hydrogens is 449 g/mol. The lowest BCUT2D eigenvalue weighted by Crippen LogP contribution is -2.47. The topological polar surface area (TPSA) is 106 Å². The van der Waals surface area contributed by atoms with Gasteiger partial charge in [0.1, 0.15) is 11.3 Å². The lowest BCUT2D eigenvalue weighted by molar-refractivity contribution is 0.412. The molecule has 3 N–H and O–H groups in total. The number of aryl methyl sites for hydroxylation is 1. The molecule has 0 radical (unpaired) electrons. The first-order valence-electron chi connectivity index (χ1n) is 10.5. The number of fused-ring (bicyclic) bond motifs is 4. The minimum Gasteiger partial charge on any atom is -0.349 e. The highest BCUT2D eigenvalue weighted by atomic mass is 35.5. The highest BCUT2D eigenvalue weighted by molar-refractivity contribution is 6.38. The van der Waals surface area contributed by atoms with Gasteiger partial charge in [-0.15, -0.1) is 12.4 Å². The van der Waals surface area contributed by atoms with E-state index >= 15 is 0 Å². The minimum absolute atomic E-state index is 0. The maximum Gasteiger partial charge on any atom is 0.262 e. The summed E-state index contributed by atoms with van der Waals surface area (Å²) in [6, 6.07) is 4.84. The molecule has 4 aromatic rings. The molecule has 2 fully saturated rings. The van der Waals surface area contributed by atoms with Crippen LogP contribution in [0, 0.1) is 0 Å². The van der Waals surface area contributed by atoms with Gasteiger partial charge in [0.05, 0.1) is 28.4 Å². The summed E-state index contributed by atoms with van der Waals surface area (Å²) in [6.45, 7) is 0. The van der Waals surface area contributed by atoms with Gasteiger partial charge in [-0.2, -0.15) is 0 Å². The fourth-order valence-corrected chi connectivity index (χ4v) is 5.61. The molecule has 10 heteroatoms. The molecule has 166 valence electrons. The molecule has 2 bridgehead atoms. The van der Waals surface area contributed by atoms with Crippen molar-refractivity contribution in [1.82, 2.24) is 24.5 Å². The molecule has 2 aliphatic rings. The first-order valence-corrected chi connectivity index (χ1v) is 10.9. The van der Waals surface area contributed by atoms with Crippen molar-refractivity contribution in [3.05, 3.63) is 46.2 Å². The number of anilines is 1. The van der Waals surface area contributed by atoms with Gasteiger partial charge in [-0.1, -0.05) is 17.7 Å². The van der Waals surface area contributed by atoms with Crippen molar-refractivity contribution in [2.24, 2.45) is 12.8 Å². The second kappa shape index (κ2) is 7.72. The fraction of sp³-hybridized carbons (Fsp3) is 0.364. The molecule has 0 saturated carbocycles. The summed E-state index contributed by atoms with van der Waals surface area (Å²) in [4.78, 5) is 32.2. The normalized spacial score (nSPS) is 22.5. The van der Waals surface area contributed by atoms with Crippen LogP contribution in [0.25, 0.3) is 33.2 Å². The van der Waals surface area contributed by atoms with Crippen LogP contribution in [0.1, 0.15) is 25.7 Å². The smallest absolute Gasteiger partial charge is 0.262 e. The van der Waals surface area contributed by atoms with Crippen molar-refractivity contribution in [2.45, 2.75) is 43.8 Å². The maximum absolute atomic E-state index is 12.6. The van der Waals surface area contributed by atoms with Crippen LogP contribution >= 0.6 is 24.0 Å². The zero-order valence-corrected chi connectivity index (χ0v) is 19.0. The van der Waals surface area contributed by atoms with E-state index in [0.29, 0.717) is 33.7 Å². The van der Waals surface area contributed by atoms with Crippen molar-refractivity contribution in [1.29, 1.82) is 0 Å².